The molecular formula is C32H26F2N4O6. The average molecular weight is 601 g/mol. The number of carboxylic acids is 2. The standard InChI is InChI=1S/2C16H13FN2O3/c2*1-8-5-14-12(15(16(20)21)19-18-14)7-11(8)10-4-3-9(22-2)6-13(10)17/h2*3-7H,1-2H3,(H,18,19)(H,20,21). The summed E-state index contributed by atoms with van der Waals surface area (Å²) >= 11 is 0. The van der Waals surface area contributed by atoms with Gasteiger partial charge in [-0.3, -0.25) is 10.2 Å². The van der Waals surface area contributed by atoms with E-state index in [9.17, 15) is 18.4 Å². The second-order valence-electron chi connectivity index (χ2n) is 9.87. The number of H-pyrrole nitrogens is 2. The van der Waals surface area contributed by atoms with Gasteiger partial charge in [0.15, 0.2) is 11.4 Å². The second-order valence-corrected chi connectivity index (χ2v) is 9.87. The van der Waals surface area contributed by atoms with Crippen LogP contribution in [0.2, 0.25) is 0 Å². The van der Waals surface area contributed by atoms with E-state index in [2.05, 4.69) is 20.4 Å². The van der Waals surface area contributed by atoms with Crippen LogP contribution in [0.4, 0.5) is 8.78 Å². The van der Waals surface area contributed by atoms with Crippen molar-refractivity contribution in [1.82, 2.24) is 20.4 Å². The smallest absolute Gasteiger partial charge is 0.357 e. The lowest BCUT2D eigenvalue weighted by molar-refractivity contribution is 0.0681. The molecule has 0 amide bonds. The van der Waals surface area contributed by atoms with Crippen molar-refractivity contribution in [2.75, 3.05) is 14.2 Å². The molecule has 0 bridgehead atoms. The Morgan fingerprint density at radius 1 is 0.636 bits per heavy atom. The van der Waals surface area contributed by atoms with Crippen molar-refractivity contribution in [1.29, 1.82) is 0 Å². The van der Waals surface area contributed by atoms with Crippen LogP contribution in [0.5, 0.6) is 11.5 Å². The number of nitrogens with zero attached hydrogens (tertiary/aromatic N) is 2. The molecule has 0 aliphatic rings. The van der Waals surface area contributed by atoms with E-state index in [-0.39, 0.29) is 11.4 Å². The number of hydrogen-bond acceptors (Lipinski definition) is 6. The van der Waals surface area contributed by atoms with Crippen LogP contribution in [0, 0.1) is 25.5 Å². The molecule has 0 radical (unpaired) electrons. The molecular weight excluding hydrogens is 574 g/mol. The first-order valence-electron chi connectivity index (χ1n) is 13.1. The molecule has 0 spiro atoms. The molecule has 0 aliphatic heterocycles. The van der Waals surface area contributed by atoms with E-state index < -0.39 is 23.6 Å². The number of carboxylic acid groups (broad SMARTS) is 2. The Bertz CT molecular complexity index is 1920. The second kappa shape index (κ2) is 11.8. The molecule has 10 nitrogen and oxygen atoms in total. The van der Waals surface area contributed by atoms with Gasteiger partial charge in [-0.05, 0) is 84.6 Å². The molecule has 2 aromatic heterocycles. The largest absolute Gasteiger partial charge is 0.497 e. The normalized spacial score (nSPS) is 10.9. The predicted molar refractivity (Wildman–Crippen MR) is 159 cm³/mol. The van der Waals surface area contributed by atoms with Crippen molar-refractivity contribution in [3.8, 4) is 33.8 Å². The van der Waals surface area contributed by atoms with E-state index in [0.717, 1.165) is 11.1 Å². The highest BCUT2D eigenvalue weighted by molar-refractivity contribution is 6.03. The molecule has 44 heavy (non-hydrogen) atoms. The number of halogens is 2. The molecule has 4 N–H and O–H groups in total. The summed E-state index contributed by atoms with van der Waals surface area (Å²) in [6, 6.07) is 15.9. The number of aromatic amines is 2. The van der Waals surface area contributed by atoms with Crippen molar-refractivity contribution in [3.05, 3.63) is 94.8 Å². The van der Waals surface area contributed by atoms with Gasteiger partial charge in [0.1, 0.15) is 23.1 Å². The molecule has 0 unspecified atom stereocenters. The van der Waals surface area contributed by atoms with Crippen LogP contribution < -0.4 is 9.47 Å². The minimum atomic E-state index is -1.13. The highest BCUT2D eigenvalue weighted by Crippen LogP contribution is 2.34. The zero-order chi connectivity index (χ0) is 31.7. The van der Waals surface area contributed by atoms with Crippen molar-refractivity contribution in [2.24, 2.45) is 0 Å². The number of carbonyl (C=O) groups is 2. The number of methoxy groups -OCH3 is 2. The van der Waals surface area contributed by atoms with Crippen molar-refractivity contribution in [3.63, 3.8) is 0 Å². The van der Waals surface area contributed by atoms with Crippen LogP contribution in [0.3, 0.4) is 0 Å². The van der Waals surface area contributed by atoms with Crippen LogP contribution in [-0.4, -0.2) is 56.8 Å². The molecule has 12 heteroatoms. The lowest BCUT2D eigenvalue weighted by atomic mass is 9.97. The third-order valence-corrected chi connectivity index (χ3v) is 7.15. The summed E-state index contributed by atoms with van der Waals surface area (Å²) in [5.41, 5.74) is 4.70. The average Bonchev–Trinajstić information content (AvgIpc) is 3.60. The van der Waals surface area contributed by atoms with Gasteiger partial charge in [-0.15, -0.1) is 0 Å². The maximum atomic E-state index is 14.3. The maximum absolute atomic E-state index is 14.3. The lowest BCUT2D eigenvalue weighted by Crippen LogP contribution is -1.97. The first-order chi connectivity index (χ1) is 21.0. The monoisotopic (exact) mass is 600 g/mol. The topological polar surface area (TPSA) is 150 Å². The summed E-state index contributed by atoms with van der Waals surface area (Å²) in [4.78, 5) is 22.4. The summed E-state index contributed by atoms with van der Waals surface area (Å²) in [6.45, 7) is 3.67. The van der Waals surface area contributed by atoms with Crippen LogP contribution >= 0.6 is 0 Å². The molecule has 4 aromatic carbocycles. The van der Waals surface area contributed by atoms with Gasteiger partial charge in [-0.25, -0.2) is 18.4 Å². The first-order valence-corrected chi connectivity index (χ1v) is 13.1. The van der Waals surface area contributed by atoms with Gasteiger partial charge < -0.3 is 19.7 Å². The van der Waals surface area contributed by atoms with Crippen molar-refractivity contribution in [2.45, 2.75) is 13.8 Å². The number of benzene rings is 4. The van der Waals surface area contributed by atoms with Gasteiger partial charge in [0.25, 0.3) is 0 Å². The summed E-state index contributed by atoms with van der Waals surface area (Å²) in [5, 5.41) is 32.1. The number of aromatic carboxylic acids is 2. The fourth-order valence-electron chi connectivity index (χ4n) is 4.93. The predicted octanol–water partition coefficient (Wildman–Crippen LogP) is 6.77. The zero-order valence-electron chi connectivity index (χ0n) is 24.0. The molecule has 2 heterocycles. The Morgan fingerprint density at radius 2 is 1.02 bits per heavy atom. The van der Waals surface area contributed by atoms with Crippen LogP contribution in [0.1, 0.15) is 32.1 Å². The van der Waals surface area contributed by atoms with E-state index in [1.165, 1.54) is 26.4 Å². The van der Waals surface area contributed by atoms with Crippen molar-refractivity contribution < 1.29 is 38.1 Å². The molecule has 0 saturated heterocycles. The fraction of sp³-hybridized carbons (Fsp3) is 0.125. The third-order valence-electron chi connectivity index (χ3n) is 7.15. The van der Waals surface area contributed by atoms with Crippen LogP contribution in [0.15, 0.2) is 60.7 Å². The number of aryl methyl sites for hydroxylation is 2. The minimum Gasteiger partial charge on any atom is -0.497 e. The van der Waals surface area contributed by atoms with Gasteiger partial charge in [-0.1, -0.05) is 0 Å². The van der Waals surface area contributed by atoms with Gasteiger partial charge in [-0.2, -0.15) is 10.2 Å². The minimum absolute atomic E-state index is 0.0785. The molecule has 0 aliphatic carbocycles. The van der Waals surface area contributed by atoms with E-state index >= 15 is 0 Å². The number of hydrogen-bond donors (Lipinski definition) is 4. The fourth-order valence-corrected chi connectivity index (χ4v) is 4.93. The van der Waals surface area contributed by atoms with Gasteiger partial charge in [0, 0.05) is 34.0 Å². The summed E-state index contributed by atoms with van der Waals surface area (Å²) in [5.74, 6) is -2.26. The number of aromatic nitrogens is 4. The van der Waals surface area contributed by atoms with Crippen molar-refractivity contribution >= 4 is 33.7 Å². The lowest BCUT2D eigenvalue weighted by Gasteiger charge is -2.09. The quantitative estimate of drug-likeness (QED) is 0.164. The third kappa shape index (κ3) is 5.52. The Morgan fingerprint density at radius 3 is 1.34 bits per heavy atom. The Kier molecular flexibility index (Phi) is 7.99. The molecule has 0 atom stereocenters. The van der Waals surface area contributed by atoms with Gasteiger partial charge in [0.2, 0.25) is 0 Å². The molecule has 6 aromatic rings. The van der Waals surface area contributed by atoms with Crippen LogP contribution in [-0.2, 0) is 0 Å². The van der Waals surface area contributed by atoms with Gasteiger partial charge >= 0.3 is 11.9 Å². The number of ether oxygens (including phenoxy) is 2. The Balaban J connectivity index is 0.000000175. The summed E-state index contributed by atoms with van der Waals surface area (Å²) in [7, 11) is 2.94. The highest BCUT2D eigenvalue weighted by atomic mass is 19.1. The maximum Gasteiger partial charge on any atom is 0.357 e. The SMILES string of the molecule is COc1ccc(-c2cc3c(C(=O)O)n[nH]c3cc2C)c(F)c1.COc1ccc(-c2cc3c(C(=O)O)n[nH]c3cc2C)c(F)c1. The Labute approximate surface area is 248 Å². The molecule has 0 fully saturated rings. The zero-order valence-corrected chi connectivity index (χ0v) is 24.0. The molecule has 0 saturated carbocycles. The molecule has 6 rings (SSSR count). The van der Waals surface area contributed by atoms with E-state index in [4.69, 9.17) is 19.7 Å². The Hall–Kier alpha value is -5.78. The summed E-state index contributed by atoms with van der Waals surface area (Å²) in [6.07, 6.45) is 0. The number of fused-ring (bicyclic) bond motifs is 2. The van der Waals surface area contributed by atoms with E-state index in [1.807, 2.05) is 13.8 Å². The van der Waals surface area contributed by atoms with E-state index in [1.54, 1.807) is 48.5 Å². The first kappa shape index (κ1) is 29.7. The van der Waals surface area contributed by atoms with Gasteiger partial charge in [0.05, 0.1) is 25.3 Å². The van der Waals surface area contributed by atoms with E-state index in [0.29, 0.717) is 55.6 Å². The number of nitrogens with one attached hydrogen (secondary N) is 2. The molecule has 224 valence electrons. The highest BCUT2D eigenvalue weighted by Gasteiger charge is 2.18. The summed E-state index contributed by atoms with van der Waals surface area (Å²) < 4.78 is 38.5. The number of rotatable bonds is 6. The van der Waals surface area contributed by atoms with Crippen LogP contribution in [0.25, 0.3) is 44.1 Å².